The van der Waals surface area contributed by atoms with Gasteiger partial charge in [0.25, 0.3) is 0 Å². The molecule has 0 bridgehead atoms. The van der Waals surface area contributed by atoms with Gasteiger partial charge in [0.15, 0.2) is 28.8 Å². The van der Waals surface area contributed by atoms with Crippen LogP contribution in [0.15, 0.2) is 70.2 Å². The first-order chi connectivity index (χ1) is 17.1. The predicted molar refractivity (Wildman–Crippen MR) is 131 cm³/mol. The highest BCUT2D eigenvalue weighted by Gasteiger charge is 2.16. The topological polar surface area (TPSA) is 91.5 Å². The van der Waals surface area contributed by atoms with Gasteiger partial charge in [-0.15, -0.1) is 0 Å². The van der Waals surface area contributed by atoms with Crippen LogP contribution in [0.5, 0.6) is 23.0 Å². The van der Waals surface area contributed by atoms with Gasteiger partial charge in [-0.05, 0) is 54.4 Å². The fourth-order valence-corrected chi connectivity index (χ4v) is 3.84. The van der Waals surface area contributed by atoms with Crippen molar-refractivity contribution < 1.29 is 28.2 Å². The minimum Gasteiger partial charge on any atom is -0.490 e. The van der Waals surface area contributed by atoms with Gasteiger partial charge in [-0.3, -0.25) is 4.79 Å². The number of carbonyl (C=O) groups excluding carboxylic acids is 1. The Balaban J connectivity index is 1.28. The van der Waals surface area contributed by atoms with Gasteiger partial charge in [0.1, 0.15) is 12.2 Å². The normalized spacial score (nSPS) is 12.3. The van der Waals surface area contributed by atoms with Crippen molar-refractivity contribution in [1.82, 2.24) is 5.43 Å². The molecule has 1 aliphatic rings. The summed E-state index contributed by atoms with van der Waals surface area (Å²) in [4.78, 5) is 12.4. The zero-order valence-electron chi connectivity index (χ0n) is 18.7. The molecule has 2 heterocycles. The number of amides is 1. The van der Waals surface area contributed by atoms with E-state index in [1.807, 2.05) is 43.3 Å². The van der Waals surface area contributed by atoms with Crippen molar-refractivity contribution in [2.24, 2.45) is 5.10 Å². The number of benzene rings is 3. The van der Waals surface area contributed by atoms with Crippen LogP contribution in [0.2, 0.25) is 5.02 Å². The number of nitrogens with one attached hydrogen (secondary N) is 1. The van der Waals surface area contributed by atoms with Gasteiger partial charge in [0, 0.05) is 5.39 Å². The summed E-state index contributed by atoms with van der Waals surface area (Å²) in [6.45, 7) is 2.75. The van der Waals surface area contributed by atoms with Crippen molar-refractivity contribution in [3.05, 3.63) is 82.6 Å². The number of para-hydroxylation sites is 1. The predicted octanol–water partition coefficient (Wildman–Crippen LogP) is 5.56. The van der Waals surface area contributed by atoms with Crippen molar-refractivity contribution >= 4 is 34.7 Å². The summed E-state index contributed by atoms with van der Waals surface area (Å²) in [6.07, 6.45) is 1.47. The Morgan fingerprint density at radius 1 is 1.09 bits per heavy atom. The highest BCUT2D eigenvalue weighted by Crippen LogP contribution is 2.38. The SMILES string of the molecule is CCOc1cc(/C=N/NC(=O)c2cc3ccccc3o2)cc(Cl)c1OCc1ccc2c(c1)OCO2. The van der Waals surface area contributed by atoms with Crippen molar-refractivity contribution in [3.63, 3.8) is 0 Å². The zero-order chi connectivity index (χ0) is 24.2. The lowest BCUT2D eigenvalue weighted by atomic mass is 10.2. The van der Waals surface area contributed by atoms with Crippen molar-refractivity contribution in [2.75, 3.05) is 13.4 Å². The van der Waals surface area contributed by atoms with Gasteiger partial charge in [-0.25, -0.2) is 5.43 Å². The molecule has 0 saturated heterocycles. The van der Waals surface area contributed by atoms with E-state index in [0.29, 0.717) is 45.8 Å². The molecule has 0 unspecified atom stereocenters. The molecule has 0 spiro atoms. The van der Waals surface area contributed by atoms with Crippen LogP contribution in [0.1, 0.15) is 28.6 Å². The largest absolute Gasteiger partial charge is 0.490 e. The molecule has 1 aromatic heterocycles. The lowest BCUT2D eigenvalue weighted by Crippen LogP contribution is -2.16. The van der Waals surface area contributed by atoms with Gasteiger partial charge < -0.3 is 23.4 Å². The molecule has 178 valence electrons. The summed E-state index contributed by atoms with van der Waals surface area (Å²) < 4.78 is 28.0. The minimum absolute atomic E-state index is 0.170. The first kappa shape index (κ1) is 22.6. The van der Waals surface area contributed by atoms with Crippen LogP contribution < -0.4 is 24.4 Å². The van der Waals surface area contributed by atoms with Crippen LogP contribution in [0.4, 0.5) is 0 Å². The van der Waals surface area contributed by atoms with Crippen molar-refractivity contribution in [1.29, 1.82) is 0 Å². The number of furan rings is 1. The molecule has 0 aliphatic carbocycles. The van der Waals surface area contributed by atoms with Gasteiger partial charge in [-0.1, -0.05) is 35.9 Å². The molecule has 3 aromatic carbocycles. The highest BCUT2D eigenvalue weighted by atomic mass is 35.5. The standard InChI is InChI=1S/C26H21ClN2O6/c1-2-31-23-11-17(13-28-29-26(30)24-12-18-5-3-4-6-20(18)35-24)9-19(27)25(23)32-14-16-7-8-21-22(10-16)34-15-33-21/h3-13H,2,14-15H2,1H3,(H,29,30)/b28-13+. The van der Waals surface area contributed by atoms with E-state index in [0.717, 1.165) is 10.9 Å². The monoisotopic (exact) mass is 492 g/mol. The summed E-state index contributed by atoms with van der Waals surface area (Å²) >= 11 is 6.50. The van der Waals surface area contributed by atoms with E-state index < -0.39 is 5.91 Å². The second-order valence-electron chi connectivity index (χ2n) is 7.59. The summed E-state index contributed by atoms with van der Waals surface area (Å²) in [5.74, 6) is 1.97. The van der Waals surface area contributed by atoms with Gasteiger partial charge >= 0.3 is 5.91 Å². The first-order valence-electron chi connectivity index (χ1n) is 10.9. The van der Waals surface area contributed by atoms with Crippen molar-refractivity contribution in [2.45, 2.75) is 13.5 Å². The molecule has 0 radical (unpaired) electrons. The van der Waals surface area contributed by atoms with Gasteiger partial charge in [0.05, 0.1) is 17.8 Å². The van der Waals surface area contributed by atoms with Crippen LogP contribution in [-0.4, -0.2) is 25.5 Å². The third-order valence-electron chi connectivity index (χ3n) is 5.18. The molecule has 35 heavy (non-hydrogen) atoms. The summed E-state index contributed by atoms with van der Waals surface area (Å²) in [5.41, 5.74) is 4.61. The number of nitrogens with zero attached hydrogens (tertiary/aromatic N) is 1. The third-order valence-corrected chi connectivity index (χ3v) is 5.46. The molecule has 1 N–H and O–H groups in total. The van der Waals surface area contributed by atoms with E-state index in [1.165, 1.54) is 6.21 Å². The smallest absolute Gasteiger partial charge is 0.307 e. The number of halogens is 1. The number of hydrogen-bond acceptors (Lipinski definition) is 7. The Kier molecular flexibility index (Phi) is 6.45. The molecule has 0 saturated carbocycles. The van der Waals surface area contributed by atoms with E-state index in [2.05, 4.69) is 10.5 Å². The highest BCUT2D eigenvalue weighted by molar-refractivity contribution is 6.32. The first-order valence-corrected chi connectivity index (χ1v) is 11.3. The molecule has 8 nitrogen and oxygen atoms in total. The maximum atomic E-state index is 12.4. The molecule has 1 amide bonds. The van der Waals surface area contributed by atoms with E-state index >= 15 is 0 Å². The zero-order valence-corrected chi connectivity index (χ0v) is 19.5. The summed E-state index contributed by atoms with van der Waals surface area (Å²) in [5, 5.41) is 5.21. The number of fused-ring (bicyclic) bond motifs is 2. The summed E-state index contributed by atoms with van der Waals surface area (Å²) in [7, 11) is 0. The molecular weight excluding hydrogens is 472 g/mol. The maximum Gasteiger partial charge on any atom is 0.307 e. The molecule has 5 rings (SSSR count). The Morgan fingerprint density at radius 2 is 1.94 bits per heavy atom. The van der Waals surface area contributed by atoms with E-state index in [1.54, 1.807) is 24.3 Å². The molecule has 9 heteroatoms. The van der Waals surface area contributed by atoms with Crippen LogP contribution in [0.25, 0.3) is 11.0 Å². The quantitative estimate of drug-likeness (QED) is 0.256. The Labute approximate surface area is 206 Å². The number of hydrazone groups is 1. The molecule has 1 aliphatic heterocycles. The van der Waals surface area contributed by atoms with Gasteiger partial charge in [0.2, 0.25) is 6.79 Å². The molecule has 0 atom stereocenters. The number of hydrogen-bond donors (Lipinski definition) is 1. The number of rotatable bonds is 8. The fourth-order valence-electron chi connectivity index (χ4n) is 3.57. The minimum atomic E-state index is -0.461. The Morgan fingerprint density at radius 3 is 2.80 bits per heavy atom. The van der Waals surface area contributed by atoms with Crippen LogP contribution in [0, 0.1) is 0 Å². The van der Waals surface area contributed by atoms with Crippen LogP contribution in [0.3, 0.4) is 0 Å². The second kappa shape index (κ2) is 9.99. The number of carbonyl (C=O) groups is 1. The van der Waals surface area contributed by atoms with E-state index in [-0.39, 0.29) is 19.2 Å². The fraction of sp³-hybridized carbons (Fsp3) is 0.154. The molecular formula is C26H21ClN2O6. The lowest BCUT2D eigenvalue weighted by Gasteiger charge is -2.14. The van der Waals surface area contributed by atoms with Crippen LogP contribution in [-0.2, 0) is 6.61 Å². The second-order valence-corrected chi connectivity index (χ2v) is 7.99. The molecule has 4 aromatic rings. The van der Waals surface area contributed by atoms with E-state index in [9.17, 15) is 4.79 Å². The summed E-state index contributed by atoms with van der Waals surface area (Å²) in [6, 6.07) is 18.1. The third kappa shape index (κ3) is 5.02. The van der Waals surface area contributed by atoms with E-state index in [4.69, 9.17) is 35.0 Å². The average Bonchev–Trinajstić information content (AvgIpc) is 3.50. The lowest BCUT2D eigenvalue weighted by molar-refractivity contribution is 0.0929. The van der Waals surface area contributed by atoms with Gasteiger partial charge in [-0.2, -0.15) is 5.10 Å². The average molecular weight is 493 g/mol. The number of ether oxygens (including phenoxy) is 4. The Bertz CT molecular complexity index is 1380. The van der Waals surface area contributed by atoms with Crippen molar-refractivity contribution in [3.8, 4) is 23.0 Å². The Hall–Kier alpha value is -4.17. The van der Waals surface area contributed by atoms with Crippen LogP contribution >= 0.6 is 11.6 Å². The maximum absolute atomic E-state index is 12.4. The molecule has 0 fully saturated rings.